The van der Waals surface area contributed by atoms with Crippen LogP contribution in [0.3, 0.4) is 0 Å². The molecule has 7 nitrogen and oxygen atoms in total. The van der Waals surface area contributed by atoms with Crippen molar-refractivity contribution in [2.24, 2.45) is 0 Å². The molecule has 0 saturated carbocycles. The zero-order valence-electron chi connectivity index (χ0n) is 21.5. The van der Waals surface area contributed by atoms with E-state index in [1.54, 1.807) is 23.1 Å². The molecule has 2 heterocycles. The van der Waals surface area contributed by atoms with Crippen LogP contribution in [-0.4, -0.2) is 45.1 Å². The maximum Gasteiger partial charge on any atom is 0.227 e. The van der Waals surface area contributed by atoms with Gasteiger partial charge < -0.3 is 19.0 Å². The van der Waals surface area contributed by atoms with Gasteiger partial charge in [-0.05, 0) is 68.8 Å². The van der Waals surface area contributed by atoms with E-state index in [-0.39, 0.29) is 18.5 Å². The Bertz CT molecular complexity index is 1220. The maximum atomic E-state index is 13.6. The lowest BCUT2D eigenvalue weighted by Crippen LogP contribution is -2.39. The van der Waals surface area contributed by atoms with Gasteiger partial charge >= 0.3 is 0 Å². The molecule has 2 aromatic carbocycles. The second kappa shape index (κ2) is 12.7. The number of halogens is 1. The first-order valence-electron chi connectivity index (χ1n) is 12.6. The van der Waals surface area contributed by atoms with Crippen molar-refractivity contribution in [3.63, 3.8) is 0 Å². The monoisotopic (exact) mass is 507 g/mol. The van der Waals surface area contributed by atoms with E-state index in [4.69, 9.17) is 19.0 Å². The van der Waals surface area contributed by atoms with Gasteiger partial charge in [-0.15, -0.1) is 0 Å². The summed E-state index contributed by atoms with van der Waals surface area (Å²) in [6.45, 7) is 7.64. The van der Waals surface area contributed by atoms with Crippen LogP contribution in [0.5, 0.6) is 11.6 Å². The molecular weight excluding hydrogens is 473 g/mol. The van der Waals surface area contributed by atoms with Crippen molar-refractivity contribution < 1.29 is 23.4 Å². The van der Waals surface area contributed by atoms with Gasteiger partial charge in [-0.25, -0.2) is 9.07 Å². The van der Waals surface area contributed by atoms with E-state index in [0.29, 0.717) is 43.4 Å². The smallest absolute Gasteiger partial charge is 0.227 e. The minimum absolute atomic E-state index is 0.142. The first-order valence-corrected chi connectivity index (χ1v) is 12.6. The molecular formula is C29H34FN3O4. The van der Waals surface area contributed by atoms with Crippen LogP contribution in [0.25, 0.3) is 5.69 Å². The third kappa shape index (κ3) is 7.07. The lowest BCUT2D eigenvalue weighted by Gasteiger charge is -2.29. The van der Waals surface area contributed by atoms with E-state index in [1.807, 2.05) is 49.4 Å². The summed E-state index contributed by atoms with van der Waals surface area (Å²) in [7, 11) is 0. The zero-order chi connectivity index (χ0) is 26.2. The number of hydrogen-bond acceptors (Lipinski definition) is 6. The molecule has 0 saturated heterocycles. The highest BCUT2D eigenvalue weighted by molar-refractivity contribution is 5.44. The van der Waals surface area contributed by atoms with Crippen LogP contribution in [0.2, 0.25) is 0 Å². The molecule has 37 heavy (non-hydrogen) atoms. The highest BCUT2D eigenvalue weighted by Gasteiger charge is 2.25. The van der Waals surface area contributed by atoms with Crippen LogP contribution in [0, 0.1) is 5.82 Å². The van der Waals surface area contributed by atoms with E-state index in [9.17, 15) is 9.50 Å². The second-order valence-electron chi connectivity index (χ2n) is 9.16. The van der Waals surface area contributed by atoms with Crippen LogP contribution in [-0.2, 0) is 24.3 Å². The summed E-state index contributed by atoms with van der Waals surface area (Å²) in [6, 6.07) is 19.5. The van der Waals surface area contributed by atoms with Crippen LogP contribution < -0.4 is 4.74 Å². The van der Waals surface area contributed by atoms with Crippen molar-refractivity contribution in [1.82, 2.24) is 14.7 Å². The molecule has 1 N–H and O–H groups in total. The fourth-order valence-electron chi connectivity index (χ4n) is 4.06. The maximum absolute atomic E-state index is 13.6. The predicted octanol–water partition coefficient (Wildman–Crippen LogP) is 5.75. The molecule has 0 aliphatic heterocycles. The molecule has 196 valence electrons. The molecule has 0 bridgehead atoms. The summed E-state index contributed by atoms with van der Waals surface area (Å²) >= 11 is 0. The van der Waals surface area contributed by atoms with Crippen LogP contribution >= 0.6 is 0 Å². The van der Waals surface area contributed by atoms with Gasteiger partial charge in [0.2, 0.25) is 5.88 Å². The standard InChI is InChI=1S/C29H34FN3O4/c1-4-28-27(18-32(21(2)3)17-24(34)19-35-20-26-11-8-16-36-26)29(37-25-9-6-5-7-10-25)33(31-28)23-14-12-22(30)13-15-23/h5-16,21,24,34H,4,17-20H2,1-3H3. The number of ether oxygens (including phenoxy) is 2. The Hall–Kier alpha value is -3.46. The normalized spacial score (nSPS) is 12.4. The molecule has 0 amide bonds. The van der Waals surface area contributed by atoms with Gasteiger partial charge in [-0.1, -0.05) is 25.1 Å². The Kier molecular flexibility index (Phi) is 9.11. The number of rotatable bonds is 13. The fraction of sp³-hybridized carbons (Fsp3) is 0.345. The van der Waals surface area contributed by atoms with Crippen molar-refractivity contribution in [2.45, 2.75) is 52.5 Å². The lowest BCUT2D eigenvalue weighted by atomic mass is 10.1. The van der Waals surface area contributed by atoms with Crippen molar-refractivity contribution in [3.8, 4) is 17.3 Å². The summed E-state index contributed by atoms with van der Waals surface area (Å²) in [5, 5.41) is 15.6. The Balaban J connectivity index is 1.59. The Morgan fingerprint density at radius 3 is 2.46 bits per heavy atom. The molecule has 4 aromatic rings. The van der Waals surface area contributed by atoms with Gasteiger partial charge in [0.1, 0.15) is 23.9 Å². The summed E-state index contributed by atoms with van der Waals surface area (Å²) in [6.07, 6.45) is 1.60. The van der Waals surface area contributed by atoms with Gasteiger partial charge in [0.15, 0.2) is 0 Å². The van der Waals surface area contributed by atoms with Crippen molar-refractivity contribution in [1.29, 1.82) is 0 Å². The Morgan fingerprint density at radius 1 is 1.05 bits per heavy atom. The summed E-state index contributed by atoms with van der Waals surface area (Å²) in [4.78, 5) is 2.17. The highest BCUT2D eigenvalue weighted by atomic mass is 19.1. The molecule has 1 atom stereocenters. The summed E-state index contributed by atoms with van der Waals surface area (Å²) in [5.74, 6) is 1.66. The van der Waals surface area contributed by atoms with E-state index in [2.05, 4.69) is 18.7 Å². The molecule has 0 aliphatic rings. The van der Waals surface area contributed by atoms with Gasteiger partial charge in [-0.2, -0.15) is 5.10 Å². The van der Waals surface area contributed by atoms with Gasteiger partial charge in [0.05, 0.1) is 35.9 Å². The number of aliphatic hydroxyl groups is 1. The quantitative estimate of drug-likeness (QED) is 0.249. The Morgan fingerprint density at radius 2 is 1.81 bits per heavy atom. The molecule has 8 heteroatoms. The number of aromatic nitrogens is 2. The molecule has 2 aromatic heterocycles. The van der Waals surface area contributed by atoms with Crippen LogP contribution in [0.15, 0.2) is 77.4 Å². The molecule has 0 spiro atoms. The summed E-state index contributed by atoms with van der Waals surface area (Å²) < 4.78 is 32.7. The van der Waals surface area contributed by atoms with E-state index in [1.165, 1.54) is 12.1 Å². The average molecular weight is 508 g/mol. The molecule has 1 unspecified atom stereocenters. The van der Waals surface area contributed by atoms with Crippen molar-refractivity contribution in [2.75, 3.05) is 13.2 Å². The van der Waals surface area contributed by atoms with E-state index in [0.717, 1.165) is 17.0 Å². The van der Waals surface area contributed by atoms with Gasteiger partial charge in [0.25, 0.3) is 0 Å². The minimum atomic E-state index is -0.687. The molecule has 4 rings (SSSR count). The fourth-order valence-corrected chi connectivity index (χ4v) is 4.06. The molecule has 0 radical (unpaired) electrons. The van der Waals surface area contributed by atoms with Gasteiger partial charge in [-0.3, -0.25) is 4.90 Å². The Labute approximate surface area is 217 Å². The van der Waals surface area contributed by atoms with Gasteiger partial charge in [0, 0.05) is 19.1 Å². The molecule has 0 fully saturated rings. The predicted molar refractivity (Wildman–Crippen MR) is 139 cm³/mol. The number of nitrogens with zero attached hydrogens (tertiary/aromatic N) is 3. The number of benzene rings is 2. The van der Waals surface area contributed by atoms with Crippen LogP contribution in [0.1, 0.15) is 37.8 Å². The van der Waals surface area contributed by atoms with E-state index < -0.39 is 6.10 Å². The number of para-hydroxylation sites is 1. The zero-order valence-corrected chi connectivity index (χ0v) is 21.5. The SMILES string of the molecule is CCc1nn(-c2ccc(F)cc2)c(Oc2ccccc2)c1CN(CC(O)COCc1ccco1)C(C)C. The molecule has 0 aliphatic carbocycles. The minimum Gasteiger partial charge on any atom is -0.467 e. The summed E-state index contributed by atoms with van der Waals surface area (Å²) in [5.41, 5.74) is 2.51. The third-order valence-electron chi connectivity index (χ3n) is 6.05. The first kappa shape index (κ1) is 26.6. The first-order chi connectivity index (χ1) is 17.9. The van der Waals surface area contributed by atoms with Crippen molar-refractivity contribution >= 4 is 0 Å². The largest absolute Gasteiger partial charge is 0.467 e. The lowest BCUT2D eigenvalue weighted by molar-refractivity contribution is -0.00129. The van der Waals surface area contributed by atoms with Crippen molar-refractivity contribution in [3.05, 3.63) is 95.8 Å². The highest BCUT2D eigenvalue weighted by Crippen LogP contribution is 2.32. The second-order valence-corrected chi connectivity index (χ2v) is 9.16. The number of aryl methyl sites for hydroxylation is 1. The number of aliphatic hydroxyl groups excluding tert-OH is 1. The third-order valence-corrected chi connectivity index (χ3v) is 6.05. The number of hydrogen-bond donors (Lipinski definition) is 1. The topological polar surface area (TPSA) is 72.9 Å². The number of furan rings is 1. The van der Waals surface area contributed by atoms with E-state index >= 15 is 0 Å². The average Bonchev–Trinajstić information content (AvgIpc) is 3.53. The van der Waals surface area contributed by atoms with Crippen LogP contribution in [0.4, 0.5) is 4.39 Å².